The van der Waals surface area contributed by atoms with Gasteiger partial charge in [0.2, 0.25) is 5.67 Å². The lowest BCUT2D eigenvalue weighted by molar-refractivity contribution is -0.147. The molecule has 0 aliphatic rings. The molecular weight excluding hydrogens is 439 g/mol. The van der Waals surface area contributed by atoms with Crippen LogP contribution in [0.5, 0.6) is 5.75 Å². The van der Waals surface area contributed by atoms with E-state index in [4.69, 9.17) is 4.74 Å². The standard InChI is InChI=1S/C30H37FN2O2/c1-4-6-8-9-13-23-21-32-28(33-22-23)27-15-11-10-14-26(27)24-16-18-25(19-17-24)35-29(34)30(3,31)20-12-7-5-2/h10-11,14-19,21-22H,4-9,12-13,20H2,1-3H3. The van der Waals surface area contributed by atoms with Crippen molar-refractivity contribution in [2.24, 2.45) is 0 Å². The second-order valence-corrected chi connectivity index (χ2v) is 9.34. The fourth-order valence-electron chi connectivity index (χ4n) is 4.03. The van der Waals surface area contributed by atoms with Crippen LogP contribution in [-0.4, -0.2) is 21.6 Å². The number of hydrogen-bond acceptors (Lipinski definition) is 4. The summed E-state index contributed by atoms with van der Waals surface area (Å²) in [5.41, 5.74) is 2.03. The molecule has 0 saturated heterocycles. The predicted molar refractivity (Wildman–Crippen MR) is 140 cm³/mol. The van der Waals surface area contributed by atoms with Crippen molar-refractivity contribution in [3.8, 4) is 28.3 Å². The minimum atomic E-state index is -1.99. The van der Waals surface area contributed by atoms with Gasteiger partial charge in [0.25, 0.3) is 0 Å². The van der Waals surface area contributed by atoms with Crippen molar-refractivity contribution >= 4 is 5.97 Å². The summed E-state index contributed by atoms with van der Waals surface area (Å²) in [5, 5.41) is 0. The fraction of sp³-hybridized carbons (Fsp3) is 0.433. The summed E-state index contributed by atoms with van der Waals surface area (Å²) < 4.78 is 20.1. The van der Waals surface area contributed by atoms with E-state index in [-0.39, 0.29) is 6.42 Å². The molecule has 2 aromatic carbocycles. The molecule has 186 valence electrons. The van der Waals surface area contributed by atoms with Crippen LogP contribution in [0.3, 0.4) is 0 Å². The Labute approximate surface area is 209 Å². The van der Waals surface area contributed by atoms with Crippen molar-refractivity contribution in [3.05, 3.63) is 66.5 Å². The number of benzene rings is 2. The van der Waals surface area contributed by atoms with Crippen molar-refractivity contribution in [1.29, 1.82) is 0 Å². The van der Waals surface area contributed by atoms with E-state index >= 15 is 0 Å². The van der Waals surface area contributed by atoms with Crippen LogP contribution < -0.4 is 4.74 Å². The van der Waals surface area contributed by atoms with E-state index in [0.717, 1.165) is 47.9 Å². The van der Waals surface area contributed by atoms with Gasteiger partial charge in [0.15, 0.2) is 5.82 Å². The highest BCUT2D eigenvalue weighted by Crippen LogP contribution is 2.31. The van der Waals surface area contributed by atoms with Crippen LogP contribution in [0.4, 0.5) is 4.39 Å². The molecule has 0 aliphatic heterocycles. The van der Waals surface area contributed by atoms with Crippen molar-refractivity contribution in [2.75, 3.05) is 0 Å². The van der Waals surface area contributed by atoms with Crippen molar-refractivity contribution in [3.63, 3.8) is 0 Å². The number of aryl methyl sites for hydroxylation is 1. The number of carbonyl (C=O) groups is 1. The molecule has 35 heavy (non-hydrogen) atoms. The number of halogens is 1. The van der Waals surface area contributed by atoms with Gasteiger partial charge in [-0.05, 0) is 61.4 Å². The van der Waals surface area contributed by atoms with Gasteiger partial charge in [0.05, 0.1) is 0 Å². The number of unbranched alkanes of at least 4 members (excludes halogenated alkanes) is 5. The van der Waals surface area contributed by atoms with Gasteiger partial charge in [-0.2, -0.15) is 0 Å². The zero-order valence-corrected chi connectivity index (χ0v) is 21.2. The van der Waals surface area contributed by atoms with E-state index in [1.807, 2.05) is 55.7 Å². The Morgan fingerprint density at radius 2 is 1.49 bits per heavy atom. The molecular formula is C30H37FN2O2. The molecule has 1 unspecified atom stereocenters. The molecule has 3 aromatic rings. The number of nitrogens with zero attached hydrogens (tertiary/aromatic N) is 2. The highest BCUT2D eigenvalue weighted by molar-refractivity contribution is 5.82. The van der Waals surface area contributed by atoms with Gasteiger partial charge in [-0.25, -0.2) is 19.2 Å². The molecule has 0 bridgehead atoms. The minimum Gasteiger partial charge on any atom is -0.424 e. The maximum absolute atomic E-state index is 14.7. The van der Waals surface area contributed by atoms with Gasteiger partial charge in [0.1, 0.15) is 5.75 Å². The molecule has 0 spiro atoms. The van der Waals surface area contributed by atoms with E-state index < -0.39 is 11.6 Å². The summed E-state index contributed by atoms with van der Waals surface area (Å²) in [6.07, 6.45) is 12.4. The summed E-state index contributed by atoms with van der Waals surface area (Å²) >= 11 is 0. The van der Waals surface area contributed by atoms with Crippen molar-refractivity contribution < 1.29 is 13.9 Å². The van der Waals surface area contributed by atoms with Gasteiger partial charge in [-0.15, -0.1) is 0 Å². The normalized spacial score (nSPS) is 12.8. The van der Waals surface area contributed by atoms with Crippen LogP contribution in [0.25, 0.3) is 22.5 Å². The topological polar surface area (TPSA) is 52.1 Å². The van der Waals surface area contributed by atoms with Gasteiger partial charge in [-0.3, -0.25) is 0 Å². The van der Waals surface area contributed by atoms with Crippen LogP contribution in [0.2, 0.25) is 0 Å². The van der Waals surface area contributed by atoms with Gasteiger partial charge < -0.3 is 4.74 Å². The van der Waals surface area contributed by atoms with Crippen molar-refractivity contribution in [2.45, 2.75) is 84.2 Å². The number of carbonyl (C=O) groups excluding carboxylic acids is 1. The SMILES string of the molecule is CCCCCCc1cnc(-c2ccccc2-c2ccc(OC(=O)C(C)(F)CCCCC)cc2)nc1. The number of ether oxygens (including phenoxy) is 1. The molecule has 0 amide bonds. The predicted octanol–water partition coefficient (Wildman–Crippen LogP) is 8.15. The molecule has 4 nitrogen and oxygen atoms in total. The maximum Gasteiger partial charge on any atom is 0.348 e. The second kappa shape index (κ2) is 13.1. The molecule has 3 rings (SSSR count). The molecule has 0 fully saturated rings. The Balaban J connectivity index is 1.70. The van der Waals surface area contributed by atoms with E-state index in [9.17, 15) is 9.18 Å². The largest absolute Gasteiger partial charge is 0.424 e. The zero-order chi connectivity index (χ0) is 25.1. The molecule has 5 heteroatoms. The summed E-state index contributed by atoms with van der Waals surface area (Å²) in [7, 11) is 0. The molecule has 1 aromatic heterocycles. The number of hydrogen-bond donors (Lipinski definition) is 0. The van der Waals surface area contributed by atoms with Crippen LogP contribution in [-0.2, 0) is 11.2 Å². The summed E-state index contributed by atoms with van der Waals surface area (Å²) in [6.45, 7) is 5.56. The Bertz CT molecular complexity index is 1060. The molecule has 1 atom stereocenters. The third-order valence-electron chi connectivity index (χ3n) is 6.24. The Morgan fingerprint density at radius 1 is 0.857 bits per heavy atom. The van der Waals surface area contributed by atoms with Crippen LogP contribution in [0.1, 0.15) is 77.7 Å². The summed E-state index contributed by atoms with van der Waals surface area (Å²) in [6, 6.07) is 15.1. The van der Waals surface area contributed by atoms with Crippen LogP contribution >= 0.6 is 0 Å². The first-order chi connectivity index (χ1) is 16.9. The zero-order valence-electron chi connectivity index (χ0n) is 21.2. The first-order valence-electron chi connectivity index (χ1n) is 12.9. The lowest BCUT2D eigenvalue weighted by Crippen LogP contribution is -2.34. The van der Waals surface area contributed by atoms with E-state index in [1.165, 1.54) is 26.2 Å². The van der Waals surface area contributed by atoms with E-state index in [2.05, 4.69) is 16.9 Å². The average molecular weight is 477 g/mol. The Kier molecular flexibility index (Phi) is 9.95. The van der Waals surface area contributed by atoms with Gasteiger partial charge >= 0.3 is 5.97 Å². The molecule has 1 heterocycles. The highest BCUT2D eigenvalue weighted by Gasteiger charge is 2.34. The molecule has 0 radical (unpaired) electrons. The minimum absolute atomic E-state index is 0.169. The van der Waals surface area contributed by atoms with Crippen LogP contribution in [0.15, 0.2) is 60.9 Å². The third-order valence-corrected chi connectivity index (χ3v) is 6.24. The van der Waals surface area contributed by atoms with Crippen LogP contribution in [0, 0.1) is 0 Å². The smallest absolute Gasteiger partial charge is 0.348 e. The number of rotatable bonds is 13. The quantitative estimate of drug-likeness (QED) is 0.142. The monoisotopic (exact) mass is 476 g/mol. The highest BCUT2D eigenvalue weighted by atomic mass is 19.1. The summed E-state index contributed by atoms with van der Waals surface area (Å²) in [5.74, 6) is 0.165. The second-order valence-electron chi connectivity index (χ2n) is 9.34. The number of alkyl halides is 1. The van der Waals surface area contributed by atoms with E-state index in [1.54, 1.807) is 12.1 Å². The lowest BCUT2D eigenvalue weighted by atomic mass is 9.99. The summed E-state index contributed by atoms with van der Waals surface area (Å²) in [4.78, 5) is 21.6. The Morgan fingerprint density at radius 3 is 2.14 bits per heavy atom. The Hall–Kier alpha value is -3.08. The average Bonchev–Trinajstić information content (AvgIpc) is 2.87. The maximum atomic E-state index is 14.7. The molecule has 0 N–H and O–H groups in total. The molecule has 0 saturated carbocycles. The van der Waals surface area contributed by atoms with Gasteiger partial charge in [0, 0.05) is 18.0 Å². The van der Waals surface area contributed by atoms with Crippen molar-refractivity contribution in [1.82, 2.24) is 9.97 Å². The number of aromatic nitrogens is 2. The van der Waals surface area contributed by atoms with Gasteiger partial charge in [-0.1, -0.05) is 82.3 Å². The third kappa shape index (κ3) is 7.71. The first-order valence-corrected chi connectivity index (χ1v) is 12.9. The molecule has 0 aliphatic carbocycles. The number of esters is 1. The lowest BCUT2D eigenvalue weighted by Gasteiger charge is -2.18. The fourth-order valence-corrected chi connectivity index (χ4v) is 4.03. The van der Waals surface area contributed by atoms with E-state index in [0.29, 0.717) is 18.0 Å². The first kappa shape index (κ1) is 26.5.